The number of rotatable bonds is 4. The molecule has 4 amide bonds. The van der Waals surface area contributed by atoms with Crippen molar-refractivity contribution in [1.29, 1.82) is 0 Å². The summed E-state index contributed by atoms with van der Waals surface area (Å²) in [6, 6.07) is 7.21. The molecule has 0 radical (unpaired) electrons. The summed E-state index contributed by atoms with van der Waals surface area (Å²) in [6.45, 7) is 9.22. The molecule has 194 valence electrons. The Morgan fingerprint density at radius 1 is 1.14 bits per heavy atom. The van der Waals surface area contributed by atoms with Crippen molar-refractivity contribution in [2.24, 2.45) is 11.8 Å². The number of nitrogens with zero attached hydrogens (tertiary/aromatic N) is 3. The van der Waals surface area contributed by atoms with Crippen LogP contribution in [0, 0.1) is 11.8 Å². The van der Waals surface area contributed by atoms with E-state index in [1.807, 2.05) is 29.2 Å². The fourth-order valence-electron chi connectivity index (χ4n) is 5.16. The van der Waals surface area contributed by atoms with Gasteiger partial charge < -0.3 is 10.0 Å². The van der Waals surface area contributed by atoms with E-state index in [0.717, 1.165) is 67.8 Å². The Morgan fingerprint density at radius 3 is 2.39 bits per heavy atom. The lowest BCUT2D eigenvalue weighted by atomic mass is 9.96. The summed E-state index contributed by atoms with van der Waals surface area (Å²) in [7, 11) is 0. The minimum absolute atomic E-state index is 0.00340. The van der Waals surface area contributed by atoms with Crippen molar-refractivity contribution in [3.63, 3.8) is 0 Å². The number of aliphatic hydroxyl groups excluding tert-OH is 1. The highest BCUT2D eigenvalue weighted by molar-refractivity contribution is 8.17. The molecule has 3 aliphatic heterocycles. The molecule has 0 aromatic heterocycles. The maximum absolute atomic E-state index is 13.6. The molecule has 4 aliphatic rings. The molecule has 1 aromatic rings. The highest BCUT2D eigenvalue weighted by atomic mass is 32.2. The van der Waals surface area contributed by atoms with Crippen LogP contribution >= 0.6 is 11.8 Å². The zero-order valence-corrected chi connectivity index (χ0v) is 22.6. The molecule has 5 rings (SSSR count). The molecule has 7 nitrogen and oxygen atoms in total. The number of aryl methyl sites for hydroxylation is 1. The average Bonchev–Trinajstić information content (AvgIpc) is 3.44. The van der Waals surface area contributed by atoms with Crippen molar-refractivity contribution in [3.05, 3.63) is 40.3 Å². The Hall–Kier alpha value is -2.45. The first-order valence-electron chi connectivity index (χ1n) is 13.2. The van der Waals surface area contributed by atoms with Crippen LogP contribution < -0.4 is 4.90 Å². The molecule has 36 heavy (non-hydrogen) atoms. The average molecular weight is 513 g/mol. The van der Waals surface area contributed by atoms with Gasteiger partial charge >= 0.3 is 11.9 Å². The van der Waals surface area contributed by atoms with Crippen LogP contribution in [0.15, 0.2) is 34.7 Å². The second-order valence-corrected chi connectivity index (χ2v) is 11.5. The topological polar surface area (TPSA) is 80.9 Å². The normalized spacial score (nSPS) is 22.2. The summed E-state index contributed by atoms with van der Waals surface area (Å²) in [5, 5.41) is 8.80. The van der Waals surface area contributed by atoms with Gasteiger partial charge in [0.2, 0.25) is 0 Å². The summed E-state index contributed by atoms with van der Waals surface area (Å²) in [4.78, 5) is 44.8. The SMILES string of the molecule is CC(C)O.CCc1ccc(N2C(=O)C3C4=C(CCC4)SC3=[N+](CC(=O)N3CCC(C)CC3)C2=O)cc1. The van der Waals surface area contributed by atoms with Crippen molar-refractivity contribution in [1.82, 2.24) is 4.90 Å². The summed E-state index contributed by atoms with van der Waals surface area (Å²) >= 11 is 1.56. The number of imide groups is 1. The molecule has 1 N–H and O–H groups in total. The van der Waals surface area contributed by atoms with Crippen LogP contribution in [0.3, 0.4) is 0 Å². The number of benzene rings is 1. The van der Waals surface area contributed by atoms with Crippen molar-refractivity contribution in [3.8, 4) is 0 Å². The van der Waals surface area contributed by atoms with E-state index in [9.17, 15) is 14.4 Å². The number of allylic oxidation sites excluding steroid dienone is 1. The van der Waals surface area contributed by atoms with E-state index in [1.165, 1.54) is 9.81 Å². The van der Waals surface area contributed by atoms with E-state index in [2.05, 4.69) is 13.8 Å². The van der Waals surface area contributed by atoms with Gasteiger partial charge in [-0.25, -0.2) is 4.79 Å². The number of amides is 4. The van der Waals surface area contributed by atoms with Gasteiger partial charge in [-0.05, 0) is 86.5 Å². The number of hydrogen-bond acceptors (Lipinski definition) is 5. The molecule has 0 spiro atoms. The number of piperidine rings is 1. The van der Waals surface area contributed by atoms with Gasteiger partial charge in [0.25, 0.3) is 5.91 Å². The number of likely N-dealkylation sites (tertiary alicyclic amines) is 1. The number of urea groups is 1. The fourth-order valence-corrected chi connectivity index (χ4v) is 6.62. The van der Waals surface area contributed by atoms with Gasteiger partial charge in [0, 0.05) is 19.2 Å². The molecular weight excluding hydrogens is 474 g/mol. The highest BCUT2D eigenvalue weighted by Gasteiger charge is 2.55. The maximum atomic E-state index is 13.6. The maximum Gasteiger partial charge on any atom is 0.507 e. The lowest BCUT2D eigenvalue weighted by Crippen LogP contribution is -2.56. The lowest BCUT2D eigenvalue weighted by molar-refractivity contribution is -0.416. The van der Waals surface area contributed by atoms with E-state index in [4.69, 9.17) is 5.11 Å². The molecular formula is C28H38N3O4S+. The van der Waals surface area contributed by atoms with Gasteiger partial charge in [-0.15, -0.1) is 4.90 Å². The van der Waals surface area contributed by atoms with Crippen LogP contribution in [0.5, 0.6) is 0 Å². The predicted octanol–water partition coefficient (Wildman–Crippen LogP) is 4.57. The zero-order valence-electron chi connectivity index (χ0n) is 21.8. The molecule has 1 aromatic carbocycles. The highest BCUT2D eigenvalue weighted by Crippen LogP contribution is 2.49. The van der Waals surface area contributed by atoms with Gasteiger partial charge in [-0.3, -0.25) is 4.79 Å². The molecule has 0 bridgehead atoms. The van der Waals surface area contributed by atoms with Gasteiger partial charge in [0.15, 0.2) is 17.5 Å². The number of hydrogen-bond donors (Lipinski definition) is 1. The van der Waals surface area contributed by atoms with Crippen molar-refractivity contribution >= 4 is 40.3 Å². The van der Waals surface area contributed by atoms with E-state index >= 15 is 0 Å². The number of fused-ring (bicyclic) bond motifs is 2. The van der Waals surface area contributed by atoms with Crippen molar-refractivity contribution in [2.75, 3.05) is 24.5 Å². The number of anilines is 1. The van der Waals surface area contributed by atoms with Crippen LogP contribution in [0.1, 0.15) is 65.4 Å². The van der Waals surface area contributed by atoms with Crippen LogP contribution in [0.25, 0.3) is 0 Å². The Labute approximate surface area is 218 Å². The Morgan fingerprint density at radius 2 is 1.78 bits per heavy atom. The Bertz CT molecular complexity index is 1080. The summed E-state index contributed by atoms with van der Waals surface area (Å²) in [5.41, 5.74) is 2.89. The van der Waals surface area contributed by atoms with Gasteiger partial charge in [-0.2, -0.15) is 9.37 Å². The van der Waals surface area contributed by atoms with Crippen LogP contribution in [0.4, 0.5) is 10.5 Å². The molecule has 8 heteroatoms. The largest absolute Gasteiger partial charge is 0.507 e. The van der Waals surface area contributed by atoms with Gasteiger partial charge in [0.1, 0.15) is 5.69 Å². The second-order valence-electron chi connectivity index (χ2n) is 10.4. The van der Waals surface area contributed by atoms with Crippen molar-refractivity contribution < 1.29 is 24.1 Å². The summed E-state index contributed by atoms with van der Waals surface area (Å²) in [6.07, 6.45) is 5.63. The third-order valence-electron chi connectivity index (χ3n) is 7.22. The number of carbonyl (C=O) groups excluding carboxylic acids is 3. The van der Waals surface area contributed by atoms with Crippen LogP contribution in [-0.2, 0) is 16.0 Å². The third-order valence-corrected chi connectivity index (χ3v) is 8.60. The smallest absolute Gasteiger partial charge is 0.394 e. The first kappa shape index (κ1) is 26.6. The second kappa shape index (κ2) is 11.3. The Kier molecular flexibility index (Phi) is 8.35. The molecule has 3 heterocycles. The molecule has 1 fully saturated rings. The Balaban J connectivity index is 0.000000709. The summed E-state index contributed by atoms with van der Waals surface area (Å²) < 4.78 is 1.59. The first-order chi connectivity index (χ1) is 17.2. The van der Waals surface area contributed by atoms with E-state index in [0.29, 0.717) is 11.6 Å². The minimum atomic E-state index is -0.421. The first-order valence-corrected chi connectivity index (χ1v) is 14.0. The predicted molar refractivity (Wildman–Crippen MR) is 143 cm³/mol. The molecule has 0 saturated carbocycles. The number of carbonyl (C=O) groups is 3. The molecule has 1 aliphatic carbocycles. The standard InChI is InChI=1S/C25H30N3O3S.C3H8O/c1-3-17-7-9-18(10-8-17)28-23(30)22-19-5-4-6-20(19)32-24(22)27(25(28)31)15-21(29)26-13-11-16(2)12-14-26;1-3(2)4/h7-10,16,22H,3-6,11-15H2,1-2H3;3-4H,1-2H3/q+1;. The molecule has 1 saturated heterocycles. The lowest BCUT2D eigenvalue weighted by Gasteiger charge is -2.31. The minimum Gasteiger partial charge on any atom is -0.394 e. The monoisotopic (exact) mass is 512 g/mol. The van der Waals surface area contributed by atoms with Gasteiger partial charge in [-0.1, -0.05) is 37.7 Å². The molecule has 1 atom stereocenters. The van der Waals surface area contributed by atoms with E-state index in [-0.39, 0.29) is 24.5 Å². The fraction of sp³-hybridized carbons (Fsp3) is 0.571. The zero-order chi connectivity index (χ0) is 26.0. The van der Waals surface area contributed by atoms with E-state index < -0.39 is 11.9 Å². The van der Waals surface area contributed by atoms with Crippen LogP contribution in [-0.4, -0.2) is 63.2 Å². The third kappa shape index (κ3) is 5.44. The quantitative estimate of drug-likeness (QED) is 0.598. The molecule has 1 unspecified atom stereocenters. The van der Waals surface area contributed by atoms with E-state index in [1.54, 1.807) is 30.2 Å². The van der Waals surface area contributed by atoms with Gasteiger partial charge in [0.05, 0.1) is 0 Å². The summed E-state index contributed by atoms with van der Waals surface area (Å²) in [5.74, 6) is 0.00496. The van der Waals surface area contributed by atoms with Crippen molar-refractivity contribution in [2.45, 2.75) is 72.3 Å². The van der Waals surface area contributed by atoms with Crippen LogP contribution in [0.2, 0.25) is 0 Å². The number of thioether (sulfide) groups is 1. The number of aliphatic hydroxyl groups is 1.